The first-order valence-electron chi connectivity index (χ1n) is 8.99. The van der Waals surface area contributed by atoms with Crippen molar-refractivity contribution < 1.29 is 15.3 Å². The summed E-state index contributed by atoms with van der Waals surface area (Å²) >= 11 is 0. The maximum absolute atomic E-state index is 11.1. The summed E-state index contributed by atoms with van der Waals surface area (Å²) in [5.74, 6) is 0.331. The van der Waals surface area contributed by atoms with Crippen molar-refractivity contribution in [2.75, 3.05) is 6.61 Å². The Hall–Kier alpha value is -0.380. The van der Waals surface area contributed by atoms with E-state index in [0.29, 0.717) is 6.42 Å². The highest BCUT2D eigenvalue weighted by atomic mass is 16.3. The molecule has 0 aromatic rings. The predicted molar refractivity (Wildman–Crippen MR) is 87.3 cm³/mol. The number of allylic oxidation sites excluding steroid dienone is 1. The molecule has 0 aromatic carbocycles. The van der Waals surface area contributed by atoms with E-state index in [-0.39, 0.29) is 41.5 Å². The van der Waals surface area contributed by atoms with Crippen LogP contribution in [0.3, 0.4) is 0 Å². The topological polar surface area (TPSA) is 60.7 Å². The van der Waals surface area contributed by atoms with Crippen LogP contribution in [0.25, 0.3) is 0 Å². The molecule has 3 aliphatic carbocycles. The lowest BCUT2D eigenvalue weighted by Gasteiger charge is -2.51. The van der Waals surface area contributed by atoms with Crippen molar-refractivity contribution in [2.45, 2.75) is 77.9 Å². The summed E-state index contributed by atoms with van der Waals surface area (Å²) < 4.78 is 0. The van der Waals surface area contributed by atoms with Gasteiger partial charge in [0.05, 0.1) is 12.2 Å². The molecule has 0 aromatic heterocycles. The lowest BCUT2D eigenvalue weighted by molar-refractivity contribution is -0.0764. The van der Waals surface area contributed by atoms with Gasteiger partial charge in [-0.1, -0.05) is 26.3 Å². The minimum Gasteiger partial charge on any atom is -0.396 e. The molecular weight excluding hydrogens is 276 g/mol. The number of aliphatic hydroxyl groups excluding tert-OH is 3. The third-order valence-electron chi connectivity index (χ3n) is 7.24. The Morgan fingerprint density at radius 1 is 1.05 bits per heavy atom. The van der Waals surface area contributed by atoms with Crippen molar-refractivity contribution in [3.63, 3.8) is 0 Å². The quantitative estimate of drug-likeness (QED) is 0.687. The van der Waals surface area contributed by atoms with Crippen LogP contribution in [0.2, 0.25) is 0 Å². The van der Waals surface area contributed by atoms with Crippen molar-refractivity contribution in [1.82, 2.24) is 0 Å². The van der Waals surface area contributed by atoms with Crippen LogP contribution in [0, 0.1) is 22.7 Å². The number of hydrogen-bond acceptors (Lipinski definition) is 3. The molecule has 3 N–H and O–H groups in total. The maximum Gasteiger partial charge on any atom is 0.0786 e. The van der Waals surface area contributed by atoms with Crippen LogP contribution < -0.4 is 0 Å². The van der Waals surface area contributed by atoms with Crippen LogP contribution in [-0.4, -0.2) is 34.1 Å². The van der Waals surface area contributed by atoms with Crippen LogP contribution in [0.5, 0.6) is 0 Å². The van der Waals surface area contributed by atoms with Gasteiger partial charge in [0, 0.05) is 6.61 Å². The van der Waals surface area contributed by atoms with Gasteiger partial charge in [-0.2, -0.15) is 0 Å². The first-order valence-corrected chi connectivity index (χ1v) is 8.99. The molecule has 0 radical (unpaired) electrons. The molecule has 0 spiro atoms. The SMILES string of the molecule is CC1(C)CCC2=C1CCC([C@@]1(C)CC[C@H](O)C[C@@H]1CO)[C@H]2O. The molecular formula is C19H32O3. The van der Waals surface area contributed by atoms with Gasteiger partial charge in [-0.05, 0) is 73.2 Å². The van der Waals surface area contributed by atoms with Gasteiger partial charge in [-0.15, -0.1) is 0 Å². The Balaban J connectivity index is 1.87. The highest BCUT2D eigenvalue weighted by Gasteiger charge is 2.51. The molecule has 0 aliphatic heterocycles. The van der Waals surface area contributed by atoms with Crippen molar-refractivity contribution in [3.8, 4) is 0 Å². The van der Waals surface area contributed by atoms with E-state index in [2.05, 4.69) is 20.8 Å². The minimum absolute atomic E-state index is 0.0569. The fourth-order valence-electron chi connectivity index (χ4n) is 5.57. The molecule has 1 unspecified atom stereocenters. The second kappa shape index (κ2) is 5.61. The molecule has 3 rings (SSSR count). The fourth-order valence-corrected chi connectivity index (χ4v) is 5.57. The number of rotatable bonds is 2. The van der Waals surface area contributed by atoms with Crippen molar-refractivity contribution in [2.24, 2.45) is 22.7 Å². The number of hydrogen-bond donors (Lipinski definition) is 3. The molecule has 0 amide bonds. The monoisotopic (exact) mass is 308 g/mol. The van der Waals surface area contributed by atoms with E-state index in [9.17, 15) is 15.3 Å². The summed E-state index contributed by atoms with van der Waals surface area (Å²) in [7, 11) is 0. The molecule has 0 saturated heterocycles. The van der Waals surface area contributed by atoms with Gasteiger partial charge in [0.1, 0.15) is 0 Å². The zero-order valence-corrected chi connectivity index (χ0v) is 14.3. The summed E-state index contributed by atoms with van der Waals surface area (Å²) in [6.45, 7) is 6.96. The van der Waals surface area contributed by atoms with E-state index < -0.39 is 0 Å². The summed E-state index contributed by atoms with van der Waals surface area (Å²) in [4.78, 5) is 0. The van der Waals surface area contributed by atoms with Gasteiger partial charge in [-0.25, -0.2) is 0 Å². The van der Waals surface area contributed by atoms with E-state index >= 15 is 0 Å². The Morgan fingerprint density at radius 3 is 2.45 bits per heavy atom. The van der Waals surface area contributed by atoms with Gasteiger partial charge >= 0.3 is 0 Å². The highest BCUT2D eigenvalue weighted by Crippen LogP contribution is 2.56. The van der Waals surface area contributed by atoms with Gasteiger partial charge in [0.15, 0.2) is 0 Å². The van der Waals surface area contributed by atoms with E-state index in [0.717, 1.165) is 38.5 Å². The van der Waals surface area contributed by atoms with Crippen LogP contribution in [0.15, 0.2) is 11.1 Å². The Kier molecular flexibility index (Phi) is 4.20. The summed E-state index contributed by atoms with van der Waals surface area (Å²) in [6.07, 6.45) is 6.05. The van der Waals surface area contributed by atoms with Gasteiger partial charge in [0.2, 0.25) is 0 Å². The molecule has 22 heavy (non-hydrogen) atoms. The second-order valence-corrected chi connectivity index (χ2v) is 8.79. The predicted octanol–water partition coefficient (Wildman–Crippen LogP) is 3.03. The van der Waals surface area contributed by atoms with Crippen LogP contribution in [-0.2, 0) is 0 Å². The Morgan fingerprint density at radius 2 is 1.77 bits per heavy atom. The molecule has 3 heteroatoms. The highest BCUT2D eigenvalue weighted by molar-refractivity contribution is 5.33. The summed E-state index contributed by atoms with van der Waals surface area (Å²) in [6, 6.07) is 0. The molecule has 5 atom stereocenters. The van der Waals surface area contributed by atoms with Crippen molar-refractivity contribution >= 4 is 0 Å². The maximum atomic E-state index is 11.1. The van der Waals surface area contributed by atoms with E-state index in [1.807, 2.05) is 0 Å². The normalized spacial score (nSPS) is 45.0. The standard InChI is InChI=1S/C19H32O3/c1-18(2)8-7-14-15(18)4-5-16(17(14)22)19(3)9-6-13(21)10-12(19)11-20/h12-13,16-17,20-22H,4-11H2,1-3H3/t12-,13+,16?,17+,19+/m1/s1. The zero-order valence-electron chi connectivity index (χ0n) is 14.3. The first kappa shape index (κ1) is 16.5. The third-order valence-corrected chi connectivity index (χ3v) is 7.24. The van der Waals surface area contributed by atoms with Crippen molar-refractivity contribution in [3.05, 3.63) is 11.1 Å². The molecule has 1 saturated carbocycles. The average Bonchev–Trinajstić information content (AvgIpc) is 2.78. The molecule has 126 valence electrons. The third kappa shape index (κ3) is 2.46. The smallest absolute Gasteiger partial charge is 0.0786 e. The second-order valence-electron chi connectivity index (χ2n) is 8.79. The molecule has 0 heterocycles. The largest absolute Gasteiger partial charge is 0.396 e. The van der Waals surface area contributed by atoms with Gasteiger partial charge in [-0.3, -0.25) is 0 Å². The molecule has 1 fully saturated rings. The van der Waals surface area contributed by atoms with Crippen LogP contribution in [0.4, 0.5) is 0 Å². The van der Waals surface area contributed by atoms with Crippen LogP contribution in [0.1, 0.15) is 65.7 Å². The number of aliphatic hydroxyl groups is 3. The van der Waals surface area contributed by atoms with Crippen molar-refractivity contribution in [1.29, 1.82) is 0 Å². The summed E-state index contributed by atoms with van der Waals surface area (Å²) in [5.41, 5.74) is 2.99. The Labute approximate surface area is 134 Å². The lowest BCUT2D eigenvalue weighted by atomic mass is 9.56. The van der Waals surface area contributed by atoms with E-state index in [1.165, 1.54) is 11.1 Å². The van der Waals surface area contributed by atoms with Gasteiger partial charge < -0.3 is 15.3 Å². The van der Waals surface area contributed by atoms with Gasteiger partial charge in [0.25, 0.3) is 0 Å². The minimum atomic E-state index is -0.347. The van der Waals surface area contributed by atoms with Crippen LogP contribution >= 0.6 is 0 Å². The molecule has 3 nitrogen and oxygen atoms in total. The Bertz CT molecular complexity index is 467. The average molecular weight is 308 g/mol. The lowest BCUT2D eigenvalue weighted by Crippen LogP contribution is -2.48. The first-order chi connectivity index (χ1) is 10.3. The molecule has 3 aliphatic rings. The molecule has 0 bridgehead atoms. The fraction of sp³-hybridized carbons (Fsp3) is 0.895. The zero-order chi connectivity index (χ0) is 16.1. The summed E-state index contributed by atoms with van der Waals surface area (Å²) in [5, 5.41) is 30.8. The van der Waals surface area contributed by atoms with E-state index in [1.54, 1.807) is 0 Å². The van der Waals surface area contributed by atoms with E-state index in [4.69, 9.17) is 0 Å².